The van der Waals surface area contributed by atoms with Crippen LogP contribution in [0.25, 0.3) is 0 Å². The maximum atomic E-state index is 9.91. The summed E-state index contributed by atoms with van der Waals surface area (Å²) in [6.07, 6.45) is 2.23. The average molecular weight is 388 g/mol. The molecule has 26 heavy (non-hydrogen) atoms. The summed E-state index contributed by atoms with van der Waals surface area (Å²) in [5.41, 5.74) is 7.88. The van der Waals surface area contributed by atoms with Gasteiger partial charge in [0.1, 0.15) is 0 Å². The van der Waals surface area contributed by atoms with Crippen LogP contribution in [0.2, 0.25) is 0 Å². The highest BCUT2D eigenvalue weighted by atomic mass is 16.6. The first-order chi connectivity index (χ1) is 12.1. The first-order valence-corrected chi connectivity index (χ1v) is 7.72. The first kappa shape index (κ1) is 32.5. The minimum atomic E-state index is -1.21. The number of hydrogen-bond acceptors (Lipinski definition) is 11. The Morgan fingerprint density at radius 3 is 1.12 bits per heavy atom. The van der Waals surface area contributed by atoms with Crippen LogP contribution in [0, 0.1) is 0 Å². The van der Waals surface area contributed by atoms with Gasteiger partial charge in [-0.1, -0.05) is 26.8 Å². The van der Waals surface area contributed by atoms with E-state index in [9.17, 15) is 4.79 Å². The van der Waals surface area contributed by atoms with Crippen molar-refractivity contribution in [3.05, 3.63) is 12.7 Å². The molecule has 0 saturated heterocycles. The molecule has 0 unspecified atom stereocenters. The molecular formula is C15H36N2O9. The van der Waals surface area contributed by atoms with E-state index < -0.39 is 63.5 Å². The van der Waals surface area contributed by atoms with E-state index in [-0.39, 0.29) is 0 Å². The lowest BCUT2D eigenvalue weighted by molar-refractivity contribution is -0.145. The summed E-state index contributed by atoms with van der Waals surface area (Å²) in [7, 11) is 0. The van der Waals surface area contributed by atoms with Gasteiger partial charge in [-0.25, -0.2) is 4.79 Å². The third kappa shape index (κ3) is 22.9. The molecule has 11 N–H and O–H groups in total. The zero-order valence-electron chi connectivity index (χ0n) is 15.5. The average Bonchev–Trinajstić information content (AvgIpc) is 2.68. The summed E-state index contributed by atoms with van der Waals surface area (Å²) in [4.78, 5) is 9.91. The molecule has 0 rings (SSSR count). The summed E-state index contributed by atoms with van der Waals surface area (Å²) in [6, 6.07) is 0. The van der Waals surface area contributed by atoms with Gasteiger partial charge in [-0.3, -0.25) is 0 Å². The van der Waals surface area contributed by atoms with Crippen LogP contribution >= 0.6 is 0 Å². The molecule has 0 atom stereocenters. The van der Waals surface area contributed by atoms with Gasteiger partial charge in [-0.2, -0.15) is 0 Å². The molecule has 0 heterocycles. The van der Waals surface area contributed by atoms with Crippen molar-refractivity contribution < 1.29 is 45.3 Å². The van der Waals surface area contributed by atoms with Crippen molar-refractivity contribution >= 4 is 5.97 Å². The SMILES string of the molecule is C=CC(=O)OCO.CCC.NC(CO)(CO)CO.NC(CO)(CO)CO. The Labute approximate surface area is 154 Å². The largest absolute Gasteiger partial charge is 0.436 e. The molecule has 0 bridgehead atoms. The summed E-state index contributed by atoms with van der Waals surface area (Å²) in [5, 5.41) is 57.9. The fourth-order valence-electron chi connectivity index (χ4n) is 0.423. The van der Waals surface area contributed by atoms with E-state index in [0.717, 1.165) is 6.08 Å². The first-order valence-electron chi connectivity index (χ1n) is 7.72. The van der Waals surface area contributed by atoms with Crippen LogP contribution in [-0.4, -0.2) is 99.2 Å². The van der Waals surface area contributed by atoms with E-state index in [4.69, 9.17) is 47.2 Å². The minimum absolute atomic E-state index is 0.403. The molecule has 0 aliphatic carbocycles. The van der Waals surface area contributed by atoms with Crippen molar-refractivity contribution in [2.45, 2.75) is 31.3 Å². The lowest BCUT2D eigenvalue weighted by Crippen LogP contribution is -2.50. The van der Waals surface area contributed by atoms with Gasteiger partial charge in [0.15, 0.2) is 6.79 Å². The number of aliphatic hydroxyl groups excluding tert-OH is 7. The molecule has 160 valence electrons. The van der Waals surface area contributed by atoms with Crippen LogP contribution in [0.15, 0.2) is 12.7 Å². The van der Waals surface area contributed by atoms with Crippen molar-refractivity contribution in [2.24, 2.45) is 11.5 Å². The summed E-state index contributed by atoms with van der Waals surface area (Å²) in [6.45, 7) is 4.35. The van der Waals surface area contributed by atoms with Gasteiger partial charge >= 0.3 is 5.97 Å². The maximum Gasteiger partial charge on any atom is 0.332 e. The quantitative estimate of drug-likeness (QED) is 0.112. The van der Waals surface area contributed by atoms with E-state index >= 15 is 0 Å². The van der Waals surface area contributed by atoms with Gasteiger partial charge in [0.05, 0.1) is 50.7 Å². The molecule has 0 spiro atoms. The molecule has 0 amide bonds. The van der Waals surface area contributed by atoms with Gasteiger partial charge in [0.2, 0.25) is 0 Å². The van der Waals surface area contributed by atoms with Crippen LogP contribution in [0.5, 0.6) is 0 Å². The third-order valence-corrected chi connectivity index (χ3v) is 2.26. The number of carbonyl (C=O) groups excluding carboxylic acids is 1. The summed E-state index contributed by atoms with van der Waals surface area (Å²) in [5.74, 6) is -0.609. The summed E-state index contributed by atoms with van der Waals surface area (Å²) >= 11 is 0. The van der Waals surface area contributed by atoms with Crippen LogP contribution in [0.3, 0.4) is 0 Å². The topological polar surface area (TPSA) is 220 Å². The Kier molecular flexibility index (Phi) is 27.4. The van der Waals surface area contributed by atoms with Crippen LogP contribution in [0.4, 0.5) is 0 Å². The monoisotopic (exact) mass is 388 g/mol. The predicted octanol–water partition coefficient (Wildman–Crippen LogP) is -3.60. The van der Waals surface area contributed by atoms with Crippen molar-refractivity contribution in [3.8, 4) is 0 Å². The normalized spacial score (nSPS) is 10.1. The van der Waals surface area contributed by atoms with Crippen molar-refractivity contribution in [2.75, 3.05) is 46.4 Å². The molecule has 0 aliphatic heterocycles. The number of carbonyl (C=O) groups is 1. The molecule has 11 heteroatoms. The summed E-state index contributed by atoms with van der Waals surface area (Å²) < 4.78 is 3.99. The highest BCUT2D eigenvalue weighted by Crippen LogP contribution is 1.93. The molecule has 0 aliphatic rings. The second-order valence-electron chi connectivity index (χ2n) is 5.18. The van der Waals surface area contributed by atoms with Gasteiger partial charge in [0, 0.05) is 6.08 Å². The standard InChI is InChI=1S/2C4H11NO3.C4H6O3.C3H8/c2*5-4(1-6,2-7)3-8;1-2-4(6)7-3-5;1-3-2/h2*6-8H,1-3,5H2;2,5H,1,3H2;3H2,1-2H3. The lowest BCUT2D eigenvalue weighted by Gasteiger charge is -2.20. The Hall–Kier alpha value is -1.15. The van der Waals surface area contributed by atoms with Crippen molar-refractivity contribution in [1.82, 2.24) is 0 Å². The smallest absolute Gasteiger partial charge is 0.332 e. The van der Waals surface area contributed by atoms with E-state index in [2.05, 4.69) is 25.2 Å². The highest BCUT2D eigenvalue weighted by molar-refractivity contribution is 5.81. The van der Waals surface area contributed by atoms with Gasteiger partial charge < -0.3 is 51.9 Å². The number of esters is 1. The molecule has 0 aromatic rings. The lowest BCUT2D eigenvalue weighted by atomic mass is 10.1. The Bertz CT molecular complexity index is 275. The predicted molar refractivity (Wildman–Crippen MR) is 95.7 cm³/mol. The Balaban J connectivity index is -0.000000130. The third-order valence-electron chi connectivity index (χ3n) is 2.26. The Morgan fingerprint density at radius 2 is 1.08 bits per heavy atom. The van der Waals surface area contributed by atoms with E-state index in [1.807, 2.05) is 0 Å². The number of rotatable bonds is 8. The van der Waals surface area contributed by atoms with Crippen LogP contribution in [0.1, 0.15) is 20.3 Å². The number of ether oxygens (including phenoxy) is 1. The molecular weight excluding hydrogens is 352 g/mol. The molecule has 11 nitrogen and oxygen atoms in total. The van der Waals surface area contributed by atoms with Crippen LogP contribution < -0.4 is 11.5 Å². The maximum absolute atomic E-state index is 9.91. The zero-order chi connectivity index (χ0) is 21.6. The highest BCUT2D eigenvalue weighted by Gasteiger charge is 2.21. The number of hydrogen-bond donors (Lipinski definition) is 9. The second kappa shape index (κ2) is 21.9. The van der Waals surface area contributed by atoms with E-state index in [1.165, 1.54) is 6.42 Å². The number of nitrogens with two attached hydrogens (primary N) is 2. The van der Waals surface area contributed by atoms with E-state index in [1.54, 1.807) is 0 Å². The molecule has 0 aromatic heterocycles. The molecule has 0 fully saturated rings. The van der Waals surface area contributed by atoms with E-state index in [0.29, 0.717) is 0 Å². The zero-order valence-corrected chi connectivity index (χ0v) is 15.5. The van der Waals surface area contributed by atoms with Crippen molar-refractivity contribution in [3.63, 3.8) is 0 Å². The molecule has 0 radical (unpaired) electrons. The number of aliphatic hydroxyl groups is 7. The van der Waals surface area contributed by atoms with Gasteiger partial charge in [-0.05, 0) is 0 Å². The molecule has 0 saturated carbocycles. The fourth-order valence-corrected chi connectivity index (χ4v) is 0.423. The molecule has 0 aromatic carbocycles. The van der Waals surface area contributed by atoms with Crippen LogP contribution in [-0.2, 0) is 9.53 Å². The van der Waals surface area contributed by atoms with Crippen molar-refractivity contribution in [1.29, 1.82) is 0 Å². The second-order valence-corrected chi connectivity index (χ2v) is 5.18. The fraction of sp³-hybridized carbons (Fsp3) is 0.800. The Morgan fingerprint density at radius 1 is 0.846 bits per heavy atom. The minimum Gasteiger partial charge on any atom is -0.436 e. The van der Waals surface area contributed by atoms with Gasteiger partial charge in [0.25, 0.3) is 0 Å². The van der Waals surface area contributed by atoms with Gasteiger partial charge in [-0.15, -0.1) is 0 Å².